The molecular weight excluding hydrogens is 302 g/mol. The molecule has 1 heterocycles. The van der Waals surface area contributed by atoms with E-state index in [1.54, 1.807) is 12.1 Å². The predicted octanol–water partition coefficient (Wildman–Crippen LogP) is 0.689. The van der Waals surface area contributed by atoms with Crippen LogP contribution in [-0.2, 0) is 9.59 Å². The van der Waals surface area contributed by atoms with Gasteiger partial charge in [-0.05, 0) is 25.1 Å². The highest BCUT2D eigenvalue weighted by Gasteiger charge is 2.15. The molecule has 2 aromatic rings. The number of rotatable bonds is 4. The fraction of sp³-hybridized carbons (Fsp3) is 0.200. The Labute approximate surface area is 130 Å². The third-order valence-electron chi connectivity index (χ3n) is 3.19. The predicted molar refractivity (Wildman–Crippen MR) is 83.4 cm³/mol. The molecule has 8 heteroatoms. The summed E-state index contributed by atoms with van der Waals surface area (Å²) in [5.74, 6) is -2.12. The number of hydrogen-bond acceptors (Lipinski definition) is 4. The zero-order valence-corrected chi connectivity index (χ0v) is 12.5. The number of fused-ring (bicyclic) bond motifs is 1. The van der Waals surface area contributed by atoms with Crippen molar-refractivity contribution in [1.82, 2.24) is 10.3 Å². The van der Waals surface area contributed by atoms with Crippen LogP contribution in [0.4, 0.5) is 5.69 Å². The lowest BCUT2D eigenvalue weighted by molar-refractivity contribution is -0.124. The van der Waals surface area contributed by atoms with Crippen LogP contribution in [0.1, 0.15) is 24.2 Å². The molecule has 4 N–H and O–H groups in total. The number of anilines is 1. The van der Waals surface area contributed by atoms with Gasteiger partial charge in [-0.3, -0.25) is 14.4 Å². The molecule has 0 aliphatic heterocycles. The standard InChI is InChI=1S/C15H15N3O5/c1-7(17-8(2)19)14(21)18-9-3-4-12-10(5-9)13(20)11(6-16-12)15(22)23/h3-7H,1-2H3,(H,16,20)(H,17,19)(H,18,21)(H,22,23). The third-order valence-corrected chi connectivity index (χ3v) is 3.19. The molecule has 0 spiro atoms. The minimum atomic E-state index is -1.33. The van der Waals surface area contributed by atoms with Crippen molar-refractivity contribution in [2.75, 3.05) is 5.32 Å². The van der Waals surface area contributed by atoms with Gasteiger partial charge in [-0.2, -0.15) is 0 Å². The van der Waals surface area contributed by atoms with Crippen LogP contribution < -0.4 is 16.1 Å². The topological polar surface area (TPSA) is 128 Å². The van der Waals surface area contributed by atoms with Crippen LogP contribution >= 0.6 is 0 Å². The summed E-state index contributed by atoms with van der Waals surface area (Å²) in [6.07, 6.45) is 1.13. The Morgan fingerprint density at radius 1 is 1.26 bits per heavy atom. The van der Waals surface area contributed by atoms with Crippen molar-refractivity contribution >= 4 is 34.4 Å². The van der Waals surface area contributed by atoms with Crippen LogP contribution in [0.25, 0.3) is 10.9 Å². The molecule has 1 unspecified atom stereocenters. The largest absolute Gasteiger partial charge is 0.477 e. The van der Waals surface area contributed by atoms with E-state index in [1.165, 1.54) is 19.9 Å². The first kappa shape index (κ1) is 16.2. The van der Waals surface area contributed by atoms with Crippen molar-refractivity contribution in [1.29, 1.82) is 0 Å². The molecule has 2 rings (SSSR count). The average molecular weight is 317 g/mol. The highest BCUT2D eigenvalue weighted by molar-refractivity contribution is 5.99. The van der Waals surface area contributed by atoms with Gasteiger partial charge in [0, 0.05) is 29.7 Å². The Morgan fingerprint density at radius 2 is 1.96 bits per heavy atom. The van der Waals surface area contributed by atoms with Crippen molar-refractivity contribution in [3.63, 3.8) is 0 Å². The van der Waals surface area contributed by atoms with Gasteiger partial charge in [-0.1, -0.05) is 0 Å². The SMILES string of the molecule is CC(=O)NC(C)C(=O)Nc1ccc2[nH]cc(C(=O)O)c(=O)c2c1. The molecule has 0 saturated carbocycles. The maximum atomic E-state index is 12.1. The molecule has 0 radical (unpaired) electrons. The Morgan fingerprint density at radius 3 is 2.57 bits per heavy atom. The van der Waals surface area contributed by atoms with Crippen molar-refractivity contribution in [2.45, 2.75) is 19.9 Å². The molecule has 1 atom stereocenters. The molecule has 0 saturated heterocycles. The highest BCUT2D eigenvalue weighted by Crippen LogP contribution is 2.15. The fourth-order valence-electron chi connectivity index (χ4n) is 2.08. The number of pyridine rings is 1. The Balaban J connectivity index is 2.34. The highest BCUT2D eigenvalue weighted by atomic mass is 16.4. The first-order valence-electron chi connectivity index (χ1n) is 6.76. The average Bonchev–Trinajstić information content (AvgIpc) is 2.47. The molecule has 23 heavy (non-hydrogen) atoms. The molecule has 0 aliphatic carbocycles. The molecule has 0 bridgehead atoms. The normalized spacial score (nSPS) is 11.7. The monoisotopic (exact) mass is 317 g/mol. The van der Waals surface area contributed by atoms with Gasteiger partial charge in [0.05, 0.1) is 0 Å². The summed E-state index contributed by atoms with van der Waals surface area (Å²) in [4.78, 5) is 48.7. The Kier molecular flexibility index (Phi) is 4.44. The van der Waals surface area contributed by atoms with Crippen LogP contribution in [0.2, 0.25) is 0 Å². The number of carbonyl (C=O) groups excluding carboxylic acids is 2. The summed E-state index contributed by atoms with van der Waals surface area (Å²) in [6, 6.07) is 3.77. The quantitative estimate of drug-likeness (QED) is 0.659. The zero-order chi connectivity index (χ0) is 17.1. The minimum Gasteiger partial charge on any atom is -0.477 e. The van der Waals surface area contributed by atoms with E-state index < -0.39 is 23.3 Å². The number of aromatic nitrogens is 1. The maximum absolute atomic E-state index is 12.1. The van der Waals surface area contributed by atoms with Crippen molar-refractivity contribution in [3.05, 3.63) is 40.2 Å². The minimum absolute atomic E-state index is 0.148. The van der Waals surface area contributed by atoms with Gasteiger partial charge in [0.25, 0.3) is 0 Å². The van der Waals surface area contributed by atoms with E-state index in [1.807, 2.05) is 0 Å². The van der Waals surface area contributed by atoms with Gasteiger partial charge >= 0.3 is 5.97 Å². The summed E-state index contributed by atoms with van der Waals surface area (Å²) < 4.78 is 0. The van der Waals surface area contributed by atoms with E-state index in [4.69, 9.17) is 5.11 Å². The zero-order valence-electron chi connectivity index (χ0n) is 12.5. The van der Waals surface area contributed by atoms with Gasteiger partial charge in [-0.15, -0.1) is 0 Å². The third kappa shape index (κ3) is 3.54. The lowest BCUT2D eigenvalue weighted by atomic mass is 10.1. The molecule has 2 amide bonds. The number of aromatic amines is 1. The number of amides is 2. The second-order valence-corrected chi connectivity index (χ2v) is 5.01. The van der Waals surface area contributed by atoms with Gasteiger partial charge in [0.1, 0.15) is 11.6 Å². The van der Waals surface area contributed by atoms with Crippen LogP contribution in [0, 0.1) is 0 Å². The Hall–Kier alpha value is -3.16. The van der Waals surface area contributed by atoms with Crippen molar-refractivity contribution in [3.8, 4) is 0 Å². The summed E-state index contributed by atoms with van der Waals surface area (Å²) in [5.41, 5.74) is -0.245. The maximum Gasteiger partial charge on any atom is 0.341 e. The number of carbonyl (C=O) groups is 3. The number of hydrogen-bond donors (Lipinski definition) is 4. The molecule has 1 aromatic heterocycles. The number of carboxylic acids is 1. The number of aromatic carboxylic acids is 1. The summed E-state index contributed by atoms with van der Waals surface area (Å²) in [5, 5.41) is 14.1. The van der Waals surface area contributed by atoms with Crippen LogP contribution in [0.5, 0.6) is 0 Å². The van der Waals surface area contributed by atoms with Gasteiger partial charge < -0.3 is 20.7 Å². The van der Waals surface area contributed by atoms with Crippen LogP contribution in [-0.4, -0.2) is 33.9 Å². The summed E-state index contributed by atoms with van der Waals surface area (Å²) in [7, 11) is 0. The van der Waals surface area contributed by atoms with Crippen molar-refractivity contribution < 1.29 is 19.5 Å². The van der Waals surface area contributed by atoms with E-state index in [-0.39, 0.29) is 16.9 Å². The van der Waals surface area contributed by atoms with Gasteiger partial charge in [-0.25, -0.2) is 4.79 Å². The van der Waals surface area contributed by atoms with Gasteiger partial charge in [0.15, 0.2) is 0 Å². The second-order valence-electron chi connectivity index (χ2n) is 5.01. The Bertz CT molecular complexity index is 856. The van der Waals surface area contributed by atoms with E-state index >= 15 is 0 Å². The summed E-state index contributed by atoms with van der Waals surface area (Å²) >= 11 is 0. The number of carboxylic acid groups (broad SMARTS) is 1. The molecular formula is C15H15N3O5. The van der Waals surface area contributed by atoms with Gasteiger partial charge in [0.2, 0.25) is 17.2 Å². The molecule has 8 nitrogen and oxygen atoms in total. The van der Waals surface area contributed by atoms with Crippen LogP contribution in [0.3, 0.4) is 0 Å². The smallest absolute Gasteiger partial charge is 0.341 e. The number of H-pyrrole nitrogens is 1. The van der Waals surface area contributed by atoms with Crippen LogP contribution in [0.15, 0.2) is 29.2 Å². The summed E-state index contributed by atoms with van der Waals surface area (Å²) in [6.45, 7) is 2.82. The molecule has 0 aliphatic rings. The van der Waals surface area contributed by atoms with Crippen molar-refractivity contribution in [2.24, 2.45) is 0 Å². The van der Waals surface area contributed by atoms with E-state index in [9.17, 15) is 19.2 Å². The lowest BCUT2D eigenvalue weighted by Crippen LogP contribution is -2.40. The van der Waals surface area contributed by atoms with E-state index in [0.29, 0.717) is 11.2 Å². The number of nitrogens with one attached hydrogen (secondary N) is 3. The first-order chi connectivity index (χ1) is 10.8. The first-order valence-corrected chi connectivity index (χ1v) is 6.76. The van der Waals surface area contributed by atoms with E-state index in [2.05, 4.69) is 15.6 Å². The molecule has 0 fully saturated rings. The van der Waals surface area contributed by atoms with E-state index in [0.717, 1.165) is 6.20 Å². The number of benzene rings is 1. The molecule has 120 valence electrons. The molecule has 1 aromatic carbocycles. The second kappa shape index (κ2) is 6.30. The fourth-order valence-corrected chi connectivity index (χ4v) is 2.08. The lowest BCUT2D eigenvalue weighted by Gasteiger charge is -2.13.